The van der Waals surface area contributed by atoms with E-state index in [1.54, 1.807) is 24.3 Å². The van der Waals surface area contributed by atoms with E-state index in [9.17, 15) is 34.5 Å². The van der Waals surface area contributed by atoms with Gasteiger partial charge in [0.2, 0.25) is 11.9 Å². The molecule has 0 saturated carbocycles. The van der Waals surface area contributed by atoms with Crippen molar-refractivity contribution in [2.75, 3.05) is 18.5 Å². The number of carbonyl (C=O) groups excluding carboxylic acids is 3. The van der Waals surface area contributed by atoms with Crippen LogP contribution in [0.5, 0.6) is 0 Å². The molecule has 2 aromatic heterocycles. The number of ether oxygens (including phenoxy) is 1. The molecule has 0 aliphatic carbocycles. The number of imidazole rings is 1. The van der Waals surface area contributed by atoms with Gasteiger partial charge in [0.1, 0.15) is 18.3 Å². The highest BCUT2D eigenvalue weighted by atomic mass is 16.6. The number of imide groups is 1. The average Bonchev–Trinajstić information content (AvgIpc) is 3.53. The Labute approximate surface area is 214 Å². The lowest BCUT2D eigenvalue weighted by atomic mass is 10.1. The molecule has 38 heavy (non-hydrogen) atoms. The van der Waals surface area contributed by atoms with Gasteiger partial charge in [-0.1, -0.05) is 18.6 Å². The van der Waals surface area contributed by atoms with Gasteiger partial charge in [-0.05, 0) is 25.0 Å². The van der Waals surface area contributed by atoms with Crippen LogP contribution in [0.1, 0.15) is 52.6 Å². The van der Waals surface area contributed by atoms with E-state index in [1.165, 1.54) is 15.8 Å². The van der Waals surface area contributed by atoms with Gasteiger partial charge in [0.05, 0.1) is 24.1 Å². The van der Waals surface area contributed by atoms with Gasteiger partial charge in [0.25, 0.3) is 17.4 Å². The molecule has 0 spiro atoms. The van der Waals surface area contributed by atoms with E-state index >= 15 is 0 Å². The van der Waals surface area contributed by atoms with E-state index in [-0.39, 0.29) is 41.9 Å². The van der Waals surface area contributed by atoms with Crippen molar-refractivity contribution in [3.8, 4) is 0 Å². The lowest BCUT2D eigenvalue weighted by molar-refractivity contribution is -0.116. The highest BCUT2D eigenvalue weighted by Gasteiger charge is 2.44. The molecule has 0 bridgehead atoms. The van der Waals surface area contributed by atoms with Crippen molar-refractivity contribution in [2.24, 2.45) is 0 Å². The average molecular weight is 527 g/mol. The van der Waals surface area contributed by atoms with Gasteiger partial charge in [-0.3, -0.25) is 38.9 Å². The summed E-state index contributed by atoms with van der Waals surface area (Å²) in [4.78, 5) is 61.6. The predicted molar refractivity (Wildman–Crippen MR) is 130 cm³/mol. The van der Waals surface area contributed by atoms with Crippen molar-refractivity contribution in [1.29, 1.82) is 0 Å². The Balaban J connectivity index is 1.16. The first-order chi connectivity index (χ1) is 18.3. The lowest BCUT2D eigenvalue weighted by Gasteiger charge is -2.16. The van der Waals surface area contributed by atoms with Crippen LogP contribution >= 0.6 is 0 Å². The number of carbonyl (C=O) groups is 3. The molecule has 2 aliphatic rings. The highest BCUT2D eigenvalue weighted by molar-refractivity contribution is 6.21. The summed E-state index contributed by atoms with van der Waals surface area (Å²) in [5, 5.41) is 32.2. The van der Waals surface area contributed by atoms with Crippen LogP contribution in [-0.2, 0) is 9.53 Å². The molecule has 1 fully saturated rings. The number of fused-ring (bicyclic) bond motifs is 2. The summed E-state index contributed by atoms with van der Waals surface area (Å²) in [6.07, 6.45) is -2.00. The third kappa shape index (κ3) is 4.58. The Bertz CT molecular complexity index is 1420. The van der Waals surface area contributed by atoms with Crippen molar-refractivity contribution in [2.45, 2.75) is 50.2 Å². The number of aromatic nitrogens is 4. The Morgan fingerprint density at radius 1 is 1.05 bits per heavy atom. The molecular formula is C24H26N6O8. The number of rotatable bonds is 9. The van der Waals surface area contributed by atoms with Crippen LogP contribution in [0.15, 0.2) is 35.4 Å². The van der Waals surface area contributed by atoms with E-state index in [0.717, 1.165) is 0 Å². The van der Waals surface area contributed by atoms with Crippen LogP contribution in [0.2, 0.25) is 0 Å². The van der Waals surface area contributed by atoms with E-state index in [1.807, 2.05) is 0 Å². The Hall–Kier alpha value is -3.98. The van der Waals surface area contributed by atoms with E-state index in [2.05, 4.69) is 20.3 Å². The number of unbranched alkanes of at least 4 members (excludes halogenated alkanes) is 2. The van der Waals surface area contributed by atoms with Crippen molar-refractivity contribution in [1.82, 2.24) is 24.4 Å². The normalized spacial score (nSPS) is 22.9. The number of anilines is 1. The molecule has 0 radical (unpaired) electrons. The summed E-state index contributed by atoms with van der Waals surface area (Å²) >= 11 is 0. The van der Waals surface area contributed by atoms with E-state index in [4.69, 9.17) is 4.74 Å². The molecule has 5 rings (SSSR count). The number of nitrogens with zero attached hydrogens (tertiary/aromatic N) is 4. The first-order valence-electron chi connectivity index (χ1n) is 12.1. The quantitative estimate of drug-likeness (QED) is 0.179. The summed E-state index contributed by atoms with van der Waals surface area (Å²) in [6, 6.07) is 6.67. The number of aromatic amines is 1. The summed E-state index contributed by atoms with van der Waals surface area (Å²) in [7, 11) is 0. The SMILES string of the molecule is O=C(CCCCCN1C(=O)c2ccccc2C1=O)Nc1nc2c(ncn2[C@@H]2O[C@H](CO)[C@H](O)[C@H]2O)c(=O)[nH]1. The number of H-pyrrole nitrogens is 1. The van der Waals surface area contributed by atoms with Crippen molar-refractivity contribution in [3.63, 3.8) is 0 Å². The Morgan fingerprint density at radius 3 is 2.42 bits per heavy atom. The second-order valence-electron chi connectivity index (χ2n) is 9.13. The van der Waals surface area contributed by atoms with E-state index in [0.29, 0.717) is 30.4 Å². The molecule has 14 heteroatoms. The zero-order valence-corrected chi connectivity index (χ0v) is 20.1. The molecule has 3 amide bonds. The van der Waals surface area contributed by atoms with Crippen LogP contribution < -0.4 is 10.9 Å². The van der Waals surface area contributed by atoms with Gasteiger partial charge in [-0.2, -0.15) is 4.98 Å². The second kappa shape index (κ2) is 10.4. The minimum Gasteiger partial charge on any atom is -0.394 e. The third-order valence-corrected chi connectivity index (χ3v) is 6.65. The topological polar surface area (TPSA) is 200 Å². The molecule has 1 saturated heterocycles. The Kier molecular flexibility index (Phi) is 7.03. The Morgan fingerprint density at radius 2 is 1.76 bits per heavy atom. The predicted octanol–water partition coefficient (Wildman–Crippen LogP) is -0.474. The van der Waals surface area contributed by atoms with Crippen molar-refractivity contribution >= 4 is 34.8 Å². The van der Waals surface area contributed by atoms with Gasteiger partial charge < -0.3 is 20.1 Å². The van der Waals surface area contributed by atoms with Crippen LogP contribution in [0.25, 0.3) is 11.2 Å². The van der Waals surface area contributed by atoms with Crippen LogP contribution in [0.3, 0.4) is 0 Å². The summed E-state index contributed by atoms with van der Waals surface area (Å²) < 4.78 is 6.73. The molecule has 5 N–H and O–H groups in total. The molecule has 4 atom stereocenters. The van der Waals surface area contributed by atoms with Crippen molar-refractivity contribution in [3.05, 3.63) is 52.1 Å². The fraction of sp³-hybridized carbons (Fsp3) is 0.417. The maximum atomic E-state index is 12.5. The third-order valence-electron chi connectivity index (χ3n) is 6.65. The highest BCUT2D eigenvalue weighted by Crippen LogP contribution is 2.31. The molecular weight excluding hydrogens is 500 g/mol. The number of benzene rings is 1. The van der Waals surface area contributed by atoms with Crippen molar-refractivity contribution < 1.29 is 34.4 Å². The second-order valence-corrected chi connectivity index (χ2v) is 9.13. The number of aliphatic hydroxyl groups is 3. The number of nitrogens with one attached hydrogen (secondary N) is 2. The van der Waals surface area contributed by atoms with Gasteiger partial charge in [-0.25, -0.2) is 4.98 Å². The first-order valence-corrected chi connectivity index (χ1v) is 12.1. The summed E-state index contributed by atoms with van der Waals surface area (Å²) in [5.74, 6) is -1.17. The van der Waals surface area contributed by atoms with Crippen LogP contribution in [0.4, 0.5) is 5.95 Å². The van der Waals surface area contributed by atoms with Crippen LogP contribution in [-0.4, -0.2) is 88.9 Å². The van der Waals surface area contributed by atoms with E-state index < -0.39 is 42.6 Å². The minimum atomic E-state index is -1.40. The summed E-state index contributed by atoms with van der Waals surface area (Å²) in [6.45, 7) is -0.264. The number of amides is 3. The number of hydrogen-bond donors (Lipinski definition) is 5. The fourth-order valence-corrected chi connectivity index (χ4v) is 4.65. The van der Waals surface area contributed by atoms with Crippen LogP contribution in [0, 0.1) is 0 Å². The molecule has 3 aromatic rings. The molecule has 14 nitrogen and oxygen atoms in total. The van der Waals surface area contributed by atoms with Gasteiger partial charge >= 0.3 is 0 Å². The molecule has 1 aromatic carbocycles. The maximum Gasteiger partial charge on any atom is 0.280 e. The molecule has 0 unspecified atom stereocenters. The first kappa shape index (κ1) is 25.7. The molecule has 2 aliphatic heterocycles. The molecule has 4 heterocycles. The van der Waals surface area contributed by atoms with Gasteiger partial charge in [0.15, 0.2) is 17.4 Å². The van der Waals surface area contributed by atoms with Gasteiger partial charge in [0, 0.05) is 13.0 Å². The zero-order valence-electron chi connectivity index (χ0n) is 20.1. The zero-order chi connectivity index (χ0) is 27.0. The maximum absolute atomic E-state index is 12.5. The largest absolute Gasteiger partial charge is 0.394 e. The lowest BCUT2D eigenvalue weighted by Crippen LogP contribution is -2.33. The number of aliphatic hydroxyl groups excluding tert-OH is 3. The minimum absolute atomic E-state index is 0.0137. The fourth-order valence-electron chi connectivity index (χ4n) is 4.65. The smallest absolute Gasteiger partial charge is 0.280 e. The monoisotopic (exact) mass is 526 g/mol. The molecule has 200 valence electrons. The van der Waals surface area contributed by atoms with Gasteiger partial charge in [-0.15, -0.1) is 0 Å². The number of hydrogen-bond acceptors (Lipinski definition) is 10. The standard InChI is InChI=1S/C24H26N6O8/c31-10-14-17(33)18(34)23(38-14)30-11-25-16-19(30)27-24(28-20(16)35)26-15(32)8-2-1-5-9-29-21(36)12-6-3-4-7-13(12)22(29)37/h3-4,6-7,11,14,17-18,23,31,33-34H,1-2,5,8-10H2,(H2,26,27,28,32,35)/t14-,17+,18-,23-/m1/s1. The summed E-state index contributed by atoms with van der Waals surface area (Å²) in [5.41, 5.74) is 0.121.